The standard InChI is InChI=1S/C24H28FN6OS/c1-28-15-24(32,14-27)33-31-8-5-20(6-9-31)30-22-12-19(10-17-4-7-29-23(17)22)16-2-3-18(13-26)21(25)11-16/h2-4,10-12,20,27-28,30,32H,5-9,14-15H2,1H3/q-1/p+1/t24-/m1/s1. The number of nitrogens with one attached hydrogen (secondary N) is 3. The Kier molecular flexibility index (Phi) is 7.32. The SMILES string of the molecule is CNC[C@@](O)(C[NH-])[SH+]N1CCC(Nc2cc(-c3ccc(C#N)c(F)c3)cc3c2=NCC=3)CC1. The van der Waals surface area contributed by atoms with Gasteiger partial charge in [-0.3, -0.25) is 4.99 Å². The summed E-state index contributed by atoms with van der Waals surface area (Å²) in [4.78, 5) is 3.57. The van der Waals surface area contributed by atoms with Gasteiger partial charge in [0.2, 0.25) is 4.93 Å². The third-order valence-electron chi connectivity index (χ3n) is 6.02. The zero-order valence-electron chi connectivity index (χ0n) is 18.6. The van der Waals surface area contributed by atoms with Crippen LogP contribution in [0.2, 0.25) is 0 Å². The Balaban J connectivity index is 1.49. The number of nitriles is 1. The lowest BCUT2D eigenvalue weighted by molar-refractivity contribution is 0.146. The van der Waals surface area contributed by atoms with Crippen LogP contribution in [-0.4, -0.2) is 60.2 Å². The van der Waals surface area contributed by atoms with Crippen molar-refractivity contribution in [2.45, 2.75) is 23.8 Å². The number of fused-ring (bicyclic) bond motifs is 1. The molecule has 0 bridgehead atoms. The lowest BCUT2D eigenvalue weighted by Gasteiger charge is -2.32. The second kappa shape index (κ2) is 10.2. The van der Waals surface area contributed by atoms with Gasteiger partial charge in [-0.05, 0) is 55.3 Å². The van der Waals surface area contributed by atoms with Gasteiger partial charge >= 0.3 is 0 Å². The van der Waals surface area contributed by atoms with Gasteiger partial charge in [0.25, 0.3) is 0 Å². The molecule has 0 amide bonds. The van der Waals surface area contributed by atoms with E-state index in [1.54, 1.807) is 13.1 Å². The Morgan fingerprint density at radius 1 is 1.30 bits per heavy atom. The molecule has 2 aliphatic rings. The van der Waals surface area contributed by atoms with Gasteiger partial charge in [-0.15, -0.1) is 4.31 Å². The van der Waals surface area contributed by atoms with Gasteiger partial charge in [-0.2, -0.15) is 5.26 Å². The molecular weight excluding hydrogens is 439 g/mol. The number of halogens is 1. The van der Waals surface area contributed by atoms with Gasteiger partial charge in [0.15, 0.2) is 0 Å². The monoisotopic (exact) mass is 468 g/mol. The van der Waals surface area contributed by atoms with Crippen molar-refractivity contribution in [1.29, 1.82) is 5.26 Å². The van der Waals surface area contributed by atoms with Gasteiger partial charge in [0.1, 0.15) is 11.9 Å². The summed E-state index contributed by atoms with van der Waals surface area (Å²) in [5.41, 5.74) is 10.3. The zero-order valence-corrected chi connectivity index (χ0v) is 19.5. The van der Waals surface area contributed by atoms with Crippen LogP contribution in [0.3, 0.4) is 0 Å². The van der Waals surface area contributed by atoms with E-state index in [0.717, 1.165) is 65.3 Å². The number of hydrogen-bond donors (Lipinski definition) is 3. The van der Waals surface area contributed by atoms with E-state index in [1.807, 2.05) is 18.2 Å². The van der Waals surface area contributed by atoms with Crippen molar-refractivity contribution < 1.29 is 9.50 Å². The lowest BCUT2D eigenvalue weighted by atomic mass is 10.0. The predicted molar refractivity (Wildman–Crippen MR) is 132 cm³/mol. The molecule has 0 spiro atoms. The average molecular weight is 469 g/mol. The minimum Gasteiger partial charge on any atom is -0.671 e. The second-order valence-electron chi connectivity index (χ2n) is 8.47. The van der Waals surface area contributed by atoms with E-state index in [9.17, 15) is 9.50 Å². The third kappa shape index (κ3) is 5.37. The summed E-state index contributed by atoms with van der Waals surface area (Å²) in [6.07, 6.45) is 3.89. The number of benzene rings is 2. The zero-order chi connectivity index (χ0) is 23.4. The molecule has 1 fully saturated rings. The maximum absolute atomic E-state index is 14.2. The fraction of sp³-hybridized carbons (Fsp3) is 0.417. The fourth-order valence-corrected chi connectivity index (χ4v) is 5.55. The molecule has 0 saturated carbocycles. The molecule has 33 heavy (non-hydrogen) atoms. The van der Waals surface area contributed by atoms with E-state index in [-0.39, 0.29) is 18.2 Å². The highest BCUT2D eigenvalue weighted by Crippen LogP contribution is 2.24. The van der Waals surface area contributed by atoms with Crippen molar-refractivity contribution in [2.24, 2.45) is 4.99 Å². The smallest absolute Gasteiger partial charge is 0.236 e. The summed E-state index contributed by atoms with van der Waals surface area (Å²) >= 11 is 0.778. The molecule has 1 atom stereocenters. The van der Waals surface area contributed by atoms with Crippen LogP contribution in [0, 0.1) is 17.1 Å². The largest absolute Gasteiger partial charge is 0.671 e. The van der Waals surface area contributed by atoms with Crippen LogP contribution in [0.1, 0.15) is 18.4 Å². The molecular formula is C24H29FN6OS. The van der Waals surface area contributed by atoms with Crippen LogP contribution >= 0.6 is 0 Å². The molecule has 0 aromatic heterocycles. The van der Waals surface area contributed by atoms with Gasteiger partial charge in [-0.1, -0.05) is 18.7 Å². The number of aliphatic hydroxyl groups is 1. The van der Waals surface area contributed by atoms with Crippen molar-refractivity contribution in [3.8, 4) is 17.2 Å². The lowest BCUT2D eigenvalue weighted by Crippen LogP contribution is -2.50. The number of anilines is 1. The fourth-order valence-electron chi connectivity index (χ4n) is 4.30. The van der Waals surface area contributed by atoms with Gasteiger partial charge in [0.05, 0.1) is 41.6 Å². The van der Waals surface area contributed by atoms with E-state index in [0.29, 0.717) is 13.1 Å². The highest BCUT2D eigenvalue weighted by atomic mass is 32.2. The Morgan fingerprint density at radius 2 is 2.09 bits per heavy atom. The molecule has 7 nitrogen and oxygen atoms in total. The molecule has 9 heteroatoms. The molecule has 1 saturated heterocycles. The first-order chi connectivity index (χ1) is 15.9. The van der Waals surface area contributed by atoms with E-state index in [2.05, 4.69) is 26.0 Å². The molecule has 4 N–H and O–H groups in total. The van der Waals surface area contributed by atoms with E-state index in [1.165, 1.54) is 12.1 Å². The number of thiol groups is 1. The Bertz CT molecular complexity index is 1170. The number of nitrogens with zero attached hydrogens (tertiary/aromatic N) is 3. The van der Waals surface area contributed by atoms with E-state index in [4.69, 9.17) is 11.0 Å². The highest BCUT2D eigenvalue weighted by molar-refractivity contribution is 7.77. The number of likely N-dealkylation sites (N-methyl/N-ethyl adjacent to an activating group) is 1. The maximum Gasteiger partial charge on any atom is 0.236 e. The number of piperidine rings is 1. The van der Waals surface area contributed by atoms with Crippen molar-refractivity contribution in [1.82, 2.24) is 9.62 Å². The van der Waals surface area contributed by atoms with Crippen LogP contribution in [-0.2, 0) is 11.9 Å². The average Bonchev–Trinajstić information content (AvgIpc) is 3.29. The summed E-state index contributed by atoms with van der Waals surface area (Å²) in [6.45, 7) is 2.64. The van der Waals surface area contributed by atoms with Gasteiger partial charge in [-0.25, -0.2) is 4.39 Å². The molecule has 2 aromatic rings. The van der Waals surface area contributed by atoms with E-state index < -0.39 is 10.8 Å². The van der Waals surface area contributed by atoms with Crippen LogP contribution in [0.5, 0.6) is 0 Å². The normalized spacial score (nSPS) is 18.0. The van der Waals surface area contributed by atoms with Crippen molar-refractivity contribution in [3.63, 3.8) is 0 Å². The van der Waals surface area contributed by atoms with Crippen LogP contribution in [0.25, 0.3) is 22.9 Å². The highest BCUT2D eigenvalue weighted by Gasteiger charge is 2.36. The Labute approximate surface area is 197 Å². The first-order valence-corrected chi connectivity index (χ1v) is 11.9. The molecule has 0 radical (unpaired) electrons. The Morgan fingerprint density at radius 3 is 2.76 bits per heavy atom. The van der Waals surface area contributed by atoms with Crippen molar-refractivity contribution in [2.75, 3.05) is 45.1 Å². The number of rotatable bonds is 8. The molecule has 2 aromatic carbocycles. The molecule has 2 heterocycles. The van der Waals surface area contributed by atoms with Gasteiger partial charge < -0.3 is 21.5 Å². The second-order valence-corrected chi connectivity index (χ2v) is 10.1. The summed E-state index contributed by atoms with van der Waals surface area (Å²) in [5, 5.41) is 28.2. The van der Waals surface area contributed by atoms with E-state index >= 15 is 0 Å². The minimum absolute atomic E-state index is 0.0397. The first kappa shape index (κ1) is 23.7. The summed E-state index contributed by atoms with van der Waals surface area (Å²) < 4.78 is 16.4. The van der Waals surface area contributed by atoms with Crippen LogP contribution < -0.4 is 21.2 Å². The molecule has 2 aliphatic heterocycles. The molecule has 0 unspecified atom stereocenters. The molecule has 0 aliphatic carbocycles. The van der Waals surface area contributed by atoms with Crippen molar-refractivity contribution in [3.05, 3.63) is 58.0 Å². The molecule has 174 valence electrons. The minimum atomic E-state index is -1.06. The number of hydrogen-bond acceptors (Lipinski definition) is 6. The van der Waals surface area contributed by atoms with Gasteiger partial charge in [0, 0.05) is 24.4 Å². The quantitative estimate of drug-likeness (QED) is 0.400. The van der Waals surface area contributed by atoms with Crippen LogP contribution in [0.4, 0.5) is 10.1 Å². The third-order valence-corrected chi connectivity index (χ3v) is 7.40. The van der Waals surface area contributed by atoms with Crippen LogP contribution in [0.15, 0.2) is 35.3 Å². The maximum atomic E-state index is 14.2. The summed E-state index contributed by atoms with van der Waals surface area (Å²) in [6, 6.07) is 10.9. The summed E-state index contributed by atoms with van der Waals surface area (Å²) in [5.74, 6) is -0.517. The summed E-state index contributed by atoms with van der Waals surface area (Å²) in [7, 11) is 1.79. The van der Waals surface area contributed by atoms with Crippen molar-refractivity contribution >= 4 is 23.7 Å². The topological polar surface area (TPSA) is 107 Å². The Hall–Kier alpha value is -2.48. The molecule has 4 rings (SSSR count). The first-order valence-electron chi connectivity index (χ1n) is 11.1. The predicted octanol–water partition coefficient (Wildman–Crippen LogP) is 1.34.